The molecule has 0 radical (unpaired) electrons. The van der Waals surface area contributed by atoms with Crippen LogP contribution in [0.3, 0.4) is 0 Å². The zero-order chi connectivity index (χ0) is 16.5. The van der Waals surface area contributed by atoms with E-state index in [4.69, 9.17) is 0 Å². The summed E-state index contributed by atoms with van der Waals surface area (Å²) in [6.45, 7) is -2.81. The standard InChI is InChI=1S/C19H13F2OS2/c20-19(21)22-13-10-11-18-16(12-13)23-15-8-4-5-9-17(15)24(18)14-6-2-1-3-7-14/h1-12,19H/q+1. The molecule has 0 fully saturated rings. The molecule has 5 heteroatoms. The molecule has 0 aromatic heterocycles. The maximum Gasteiger partial charge on any atom is 0.387 e. The third kappa shape index (κ3) is 2.89. The van der Waals surface area contributed by atoms with E-state index in [0.29, 0.717) is 0 Å². The molecule has 3 aromatic carbocycles. The quantitative estimate of drug-likeness (QED) is 0.425. The van der Waals surface area contributed by atoms with Crippen LogP contribution in [0.15, 0.2) is 97.3 Å². The Morgan fingerprint density at radius 1 is 0.792 bits per heavy atom. The first-order chi connectivity index (χ1) is 11.7. The van der Waals surface area contributed by atoms with Crippen LogP contribution in [0.1, 0.15) is 0 Å². The van der Waals surface area contributed by atoms with Crippen molar-refractivity contribution < 1.29 is 13.5 Å². The zero-order valence-corrected chi connectivity index (χ0v) is 14.1. The number of rotatable bonds is 3. The van der Waals surface area contributed by atoms with Gasteiger partial charge in [-0.3, -0.25) is 0 Å². The zero-order valence-electron chi connectivity index (χ0n) is 12.5. The fraction of sp³-hybridized carbons (Fsp3) is 0.0526. The number of halogens is 2. The second-order valence-corrected chi connectivity index (χ2v) is 8.20. The normalized spacial score (nSPS) is 15.7. The number of hydrogen-bond acceptors (Lipinski definition) is 2. The van der Waals surface area contributed by atoms with E-state index < -0.39 is 6.61 Å². The molecule has 1 aliphatic heterocycles. The van der Waals surface area contributed by atoms with E-state index in [2.05, 4.69) is 29.0 Å². The molecule has 0 amide bonds. The Kier molecular flexibility index (Phi) is 4.21. The molecule has 120 valence electrons. The average molecular weight is 359 g/mol. The van der Waals surface area contributed by atoms with Crippen LogP contribution in [0.25, 0.3) is 0 Å². The minimum absolute atomic E-state index is 0.201. The van der Waals surface area contributed by atoms with Crippen molar-refractivity contribution in [3.63, 3.8) is 0 Å². The number of ether oxygens (including phenoxy) is 1. The maximum absolute atomic E-state index is 12.5. The summed E-state index contributed by atoms with van der Waals surface area (Å²) in [6, 6.07) is 23.8. The summed E-state index contributed by atoms with van der Waals surface area (Å²) < 4.78 is 29.6. The minimum Gasteiger partial charge on any atom is -0.435 e. The van der Waals surface area contributed by atoms with Gasteiger partial charge in [-0.2, -0.15) is 8.78 Å². The molecule has 1 unspecified atom stereocenters. The highest BCUT2D eigenvalue weighted by Gasteiger charge is 2.38. The van der Waals surface area contributed by atoms with Gasteiger partial charge < -0.3 is 4.74 Å². The highest BCUT2D eigenvalue weighted by atomic mass is 32.2. The molecule has 3 aromatic rings. The molecule has 1 aliphatic rings. The van der Waals surface area contributed by atoms with Crippen molar-refractivity contribution in [2.24, 2.45) is 0 Å². The Bertz CT molecular complexity index is 868. The van der Waals surface area contributed by atoms with Crippen LogP contribution >= 0.6 is 11.8 Å². The first-order valence-electron chi connectivity index (χ1n) is 7.37. The monoisotopic (exact) mass is 359 g/mol. The summed E-state index contributed by atoms with van der Waals surface area (Å²) in [5, 5.41) is 0. The lowest BCUT2D eigenvalue weighted by atomic mass is 10.3. The van der Waals surface area contributed by atoms with Gasteiger partial charge in [0.25, 0.3) is 0 Å². The summed E-state index contributed by atoms with van der Waals surface area (Å²) in [5.41, 5.74) is 0. The molecule has 0 saturated heterocycles. The largest absolute Gasteiger partial charge is 0.435 e. The maximum atomic E-state index is 12.5. The second kappa shape index (κ2) is 6.49. The topological polar surface area (TPSA) is 9.23 Å². The summed E-state index contributed by atoms with van der Waals surface area (Å²) in [4.78, 5) is 5.76. The smallest absolute Gasteiger partial charge is 0.387 e. The molecule has 24 heavy (non-hydrogen) atoms. The van der Waals surface area contributed by atoms with Crippen LogP contribution in [0, 0.1) is 0 Å². The van der Waals surface area contributed by atoms with Crippen LogP contribution in [0.5, 0.6) is 5.75 Å². The van der Waals surface area contributed by atoms with Crippen molar-refractivity contribution in [3.8, 4) is 5.75 Å². The van der Waals surface area contributed by atoms with Gasteiger partial charge in [0.2, 0.25) is 0 Å². The molecular weight excluding hydrogens is 346 g/mol. The summed E-state index contributed by atoms with van der Waals surface area (Å²) in [7, 11) is -0.243. The number of fused-ring (bicyclic) bond motifs is 2. The number of alkyl halides is 2. The SMILES string of the molecule is FC(F)Oc1ccc2c(c1)Sc1ccccc1[S+]2c1ccccc1. The minimum atomic E-state index is -2.81. The first-order valence-corrected chi connectivity index (χ1v) is 9.41. The van der Waals surface area contributed by atoms with Crippen LogP contribution in [0.4, 0.5) is 8.78 Å². The Hall–Kier alpha value is -1.98. The molecule has 0 bridgehead atoms. The third-order valence-electron chi connectivity index (χ3n) is 3.63. The molecule has 0 saturated carbocycles. The van der Waals surface area contributed by atoms with Gasteiger partial charge in [-0.15, -0.1) is 0 Å². The highest BCUT2D eigenvalue weighted by molar-refractivity contribution is 8.04. The summed E-state index contributed by atoms with van der Waals surface area (Å²) >= 11 is 1.60. The van der Waals surface area contributed by atoms with E-state index in [9.17, 15) is 8.78 Å². The van der Waals surface area contributed by atoms with E-state index in [1.165, 1.54) is 9.79 Å². The first kappa shape index (κ1) is 15.5. The Labute approximate surface area is 146 Å². The van der Waals surface area contributed by atoms with Crippen molar-refractivity contribution >= 4 is 22.7 Å². The van der Waals surface area contributed by atoms with Gasteiger partial charge >= 0.3 is 6.61 Å². The predicted octanol–water partition coefficient (Wildman–Crippen LogP) is 5.85. The van der Waals surface area contributed by atoms with E-state index in [0.717, 1.165) is 14.7 Å². The van der Waals surface area contributed by atoms with Crippen LogP contribution < -0.4 is 4.74 Å². The summed E-state index contributed by atoms with van der Waals surface area (Å²) in [6.07, 6.45) is 0. The van der Waals surface area contributed by atoms with Crippen LogP contribution in [0.2, 0.25) is 0 Å². The summed E-state index contributed by atoms with van der Waals surface area (Å²) in [5.74, 6) is 0.201. The van der Waals surface area contributed by atoms with Crippen LogP contribution in [-0.4, -0.2) is 6.61 Å². The van der Waals surface area contributed by atoms with Crippen molar-refractivity contribution in [1.29, 1.82) is 0 Å². The molecule has 0 aliphatic carbocycles. The molecule has 0 spiro atoms. The van der Waals surface area contributed by atoms with Gasteiger partial charge in [-0.25, -0.2) is 0 Å². The third-order valence-corrected chi connectivity index (χ3v) is 7.36. The number of benzene rings is 3. The molecule has 4 rings (SSSR count). The fourth-order valence-electron chi connectivity index (χ4n) is 2.66. The van der Waals surface area contributed by atoms with Crippen molar-refractivity contribution in [3.05, 3.63) is 72.8 Å². The van der Waals surface area contributed by atoms with Gasteiger partial charge in [0.15, 0.2) is 14.7 Å². The van der Waals surface area contributed by atoms with Gasteiger partial charge in [0.1, 0.15) is 16.6 Å². The van der Waals surface area contributed by atoms with Crippen LogP contribution in [-0.2, 0) is 10.9 Å². The van der Waals surface area contributed by atoms with Crippen molar-refractivity contribution in [1.82, 2.24) is 0 Å². The van der Waals surface area contributed by atoms with Gasteiger partial charge in [-0.1, -0.05) is 42.1 Å². The lowest BCUT2D eigenvalue weighted by Gasteiger charge is -2.19. The van der Waals surface area contributed by atoms with E-state index in [1.807, 2.05) is 36.4 Å². The molecule has 1 nitrogen and oxygen atoms in total. The predicted molar refractivity (Wildman–Crippen MR) is 92.2 cm³/mol. The molecule has 1 atom stereocenters. The van der Waals surface area contributed by atoms with E-state index >= 15 is 0 Å². The fourth-order valence-corrected chi connectivity index (χ4v) is 6.43. The Balaban J connectivity index is 1.85. The van der Waals surface area contributed by atoms with Crippen molar-refractivity contribution in [2.45, 2.75) is 31.1 Å². The second-order valence-electron chi connectivity index (χ2n) is 5.16. The lowest BCUT2D eigenvalue weighted by molar-refractivity contribution is -0.0500. The van der Waals surface area contributed by atoms with E-state index in [-0.39, 0.29) is 16.6 Å². The molecular formula is C19H13F2OS2+. The number of hydrogen-bond donors (Lipinski definition) is 0. The van der Waals surface area contributed by atoms with Gasteiger partial charge in [0, 0.05) is 0 Å². The molecule has 0 N–H and O–H groups in total. The highest BCUT2D eigenvalue weighted by Crippen LogP contribution is 2.49. The van der Waals surface area contributed by atoms with Crippen molar-refractivity contribution in [2.75, 3.05) is 0 Å². The van der Waals surface area contributed by atoms with Gasteiger partial charge in [-0.05, 0) is 42.5 Å². The van der Waals surface area contributed by atoms with E-state index in [1.54, 1.807) is 23.9 Å². The Morgan fingerprint density at radius 2 is 1.50 bits per heavy atom. The average Bonchev–Trinajstić information content (AvgIpc) is 2.60. The van der Waals surface area contributed by atoms with Gasteiger partial charge in [0.05, 0.1) is 9.79 Å². The lowest BCUT2D eigenvalue weighted by Crippen LogP contribution is -2.11. The Morgan fingerprint density at radius 3 is 2.29 bits per heavy atom. The molecule has 1 heterocycles.